The number of hydrazone groups is 1. The third kappa shape index (κ3) is 5.86. The molecular weight excluding hydrogens is 450 g/mol. The zero-order valence-corrected chi connectivity index (χ0v) is 19.4. The molecule has 0 radical (unpaired) electrons. The molecule has 2 aromatic carbocycles. The number of para-hydroxylation sites is 1. The number of nitrogens with two attached hydrogens (primary N) is 1. The molecule has 0 unspecified atom stereocenters. The highest BCUT2D eigenvalue weighted by Gasteiger charge is 2.13. The first-order valence-electron chi connectivity index (χ1n) is 9.33. The predicted octanol–water partition coefficient (Wildman–Crippen LogP) is 2.91. The zero-order valence-electron chi connectivity index (χ0n) is 17.7. The van der Waals surface area contributed by atoms with Crippen molar-refractivity contribution in [3.63, 3.8) is 0 Å². The Bertz CT molecular complexity index is 1100. The van der Waals surface area contributed by atoms with Gasteiger partial charge in [-0.2, -0.15) is 5.10 Å². The molecule has 0 bridgehead atoms. The summed E-state index contributed by atoms with van der Waals surface area (Å²) in [5, 5.41) is 15.3. The summed E-state index contributed by atoms with van der Waals surface area (Å²) in [5.41, 5.74) is 4.29. The molecule has 3 aromatic rings. The number of nitrogens with zero attached hydrogens (tertiary/aromatic N) is 4. The Morgan fingerprint density at radius 1 is 1.19 bits per heavy atom. The highest BCUT2D eigenvalue weighted by atomic mass is 32.2. The lowest BCUT2D eigenvalue weighted by atomic mass is 10.2. The van der Waals surface area contributed by atoms with Crippen LogP contribution in [0.15, 0.2) is 57.6 Å². The van der Waals surface area contributed by atoms with Gasteiger partial charge in [0.25, 0.3) is 5.95 Å². The Kier molecular flexibility index (Phi) is 8.22. The van der Waals surface area contributed by atoms with E-state index in [1.54, 1.807) is 44.3 Å². The van der Waals surface area contributed by atoms with Gasteiger partial charge in [-0.25, -0.2) is 10.1 Å². The number of nitrogen functional groups attached to an aromatic ring is 1. The Hall–Kier alpha value is -3.38. The van der Waals surface area contributed by atoms with Gasteiger partial charge in [-0.1, -0.05) is 23.9 Å². The summed E-state index contributed by atoms with van der Waals surface area (Å²) in [6, 6.07) is 13.0. The number of thioether (sulfide) groups is 2. The highest BCUT2D eigenvalue weighted by molar-refractivity contribution is 7.99. The fourth-order valence-electron chi connectivity index (χ4n) is 2.61. The quantitative estimate of drug-likeness (QED) is 0.176. The average Bonchev–Trinajstić information content (AvgIpc) is 3.17. The van der Waals surface area contributed by atoms with E-state index in [0.717, 1.165) is 16.1 Å². The molecule has 0 saturated carbocycles. The SMILES string of the molecule is COc1ccc(/C=N/Nc2nnc(SCC(=O)Nc3ccccc3SC)n2N)cc1OC. The molecule has 0 aliphatic heterocycles. The van der Waals surface area contributed by atoms with Gasteiger partial charge in [-0.3, -0.25) is 4.79 Å². The molecule has 10 nitrogen and oxygen atoms in total. The van der Waals surface area contributed by atoms with Crippen LogP contribution in [-0.2, 0) is 4.79 Å². The molecule has 1 heterocycles. The first-order chi connectivity index (χ1) is 15.5. The lowest BCUT2D eigenvalue weighted by Crippen LogP contribution is -2.17. The van der Waals surface area contributed by atoms with Crippen molar-refractivity contribution >= 4 is 47.3 Å². The third-order valence-corrected chi connectivity index (χ3v) is 5.90. The number of methoxy groups -OCH3 is 2. The van der Waals surface area contributed by atoms with Crippen LogP contribution in [0.25, 0.3) is 0 Å². The molecular formula is C20H23N7O3S2. The van der Waals surface area contributed by atoms with E-state index >= 15 is 0 Å². The third-order valence-electron chi connectivity index (χ3n) is 4.16. The average molecular weight is 474 g/mol. The summed E-state index contributed by atoms with van der Waals surface area (Å²) in [7, 11) is 3.14. The van der Waals surface area contributed by atoms with Crippen LogP contribution in [0.5, 0.6) is 11.5 Å². The van der Waals surface area contributed by atoms with E-state index in [0.29, 0.717) is 16.7 Å². The number of carbonyl (C=O) groups is 1. The second-order valence-electron chi connectivity index (χ2n) is 6.20. The largest absolute Gasteiger partial charge is 0.493 e. The van der Waals surface area contributed by atoms with Gasteiger partial charge in [0, 0.05) is 4.90 Å². The molecule has 0 aliphatic rings. The van der Waals surface area contributed by atoms with Gasteiger partial charge in [0.2, 0.25) is 11.1 Å². The van der Waals surface area contributed by atoms with Gasteiger partial charge in [-0.05, 0) is 42.2 Å². The van der Waals surface area contributed by atoms with Crippen molar-refractivity contribution in [2.75, 3.05) is 42.8 Å². The first-order valence-corrected chi connectivity index (χ1v) is 11.5. The molecule has 168 valence electrons. The number of amides is 1. The van der Waals surface area contributed by atoms with Crippen LogP contribution in [0, 0.1) is 0 Å². The maximum Gasteiger partial charge on any atom is 0.264 e. The normalized spacial score (nSPS) is 10.8. The summed E-state index contributed by atoms with van der Waals surface area (Å²) < 4.78 is 11.7. The van der Waals surface area contributed by atoms with Crippen molar-refractivity contribution in [2.24, 2.45) is 5.10 Å². The molecule has 1 amide bonds. The van der Waals surface area contributed by atoms with Crippen LogP contribution in [0.2, 0.25) is 0 Å². The monoisotopic (exact) mass is 473 g/mol. The Morgan fingerprint density at radius 2 is 1.97 bits per heavy atom. The summed E-state index contributed by atoms with van der Waals surface area (Å²) >= 11 is 2.74. The maximum atomic E-state index is 12.3. The molecule has 0 spiro atoms. The lowest BCUT2D eigenvalue weighted by molar-refractivity contribution is -0.113. The van der Waals surface area contributed by atoms with E-state index < -0.39 is 0 Å². The number of aromatic nitrogens is 3. The van der Waals surface area contributed by atoms with Crippen LogP contribution in [-0.4, -0.2) is 53.2 Å². The summed E-state index contributed by atoms with van der Waals surface area (Å²) in [6.45, 7) is 0. The van der Waals surface area contributed by atoms with Gasteiger partial charge >= 0.3 is 0 Å². The van der Waals surface area contributed by atoms with E-state index in [1.165, 1.54) is 16.4 Å². The smallest absolute Gasteiger partial charge is 0.264 e. The van der Waals surface area contributed by atoms with E-state index in [1.807, 2.05) is 36.6 Å². The molecule has 3 rings (SSSR count). The van der Waals surface area contributed by atoms with E-state index in [9.17, 15) is 4.79 Å². The van der Waals surface area contributed by atoms with E-state index in [4.69, 9.17) is 15.3 Å². The highest BCUT2D eigenvalue weighted by Crippen LogP contribution is 2.27. The van der Waals surface area contributed by atoms with Crippen LogP contribution in [0.4, 0.5) is 11.6 Å². The fourth-order valence-corrected chi connectivity index (χ4v) is 3.82. The molecule has 1 aromatic heterocycles. The van der Waals surface area contributed by atoms with E-state index in [-0.39, 0.29) is 17.6 Å². The van der Waals surface area contributed by atoms with Crippen molar-refractivity contribution in [3.8, 4) is 11.5 Å². The molecule has 12 heteroatoms. The minimum atomic E-state index is -0.166. The number of rotatable bonds is 10. The summed E-state index contributed by atoms with van der Waals surface area (Å²) in [5.74, 6) is 7.43. The molecule has 0 fully saturated rings. The molecule has 0 aliphatic carbocycles. The van der Waals surface area contributed by atoms with Crippen LogP contribution in [0.3, 0.4) is 0 Å². The minimum Gasteiger partial charge on any atom is -0.493 e. The molecule has 32 heavy (non-hydrogen) atoms. The van der Waals surface area contributed by atoms with Crippen LogP contribution in [0.1, 0.15) is 5.56 Å². The standard InChI is InChI=1S/C20H23N7O3S2/c1-29-15-9-8-13(10-16(15)30-2)11-22-24-19-25-26-20(27(19)21)32-12-18(28)23-14-6-4-5-7-17(14)31-3/h4-11H,12,21H2,1-3H3,(H,23,28)(H,24,25)/b22-11+. The van der Waals surface area contributed by atoms with Gasteiger partial charge in [-0.15, -0.1) is 22.0 Å². The Balaban J connectivity index is 1.56. The zero-order chi connectivity index (χ0) is 22.9. The fraction of sp³-hybridized carbons (Fsp3) is 0.200. The van der Waals surface area contributed by atoms with Gasteiger partial charge in [0.05, 0.1) is 31.9 Å². The van der Waals surface area contributed by atoms with Crippen molar-refractivity contribution in [1.29, 1.82) is 0 Å². The minimum absolute atomic E-state index is 0.132. The summed E-state index contributed by atoms with van der Waals surface area (Å²) in [6.07, 6.45) is 3.54. The maximum absolute atomic E-state index is 12.3. The van der Waals surface area contributed by atoms with Gasteiger partial charge in [0.15, 0.2) is 11.5 Å². The van der Waals surface area contributed by atoms with Crippen LogP contribution < -0.4 is 26.1 Å². The number of hydrogen-bond acceptors (Lipinski definition) is 10. The number of carbonyl (C=O) groups excluding carboxylic acids is 1. The number of nitrogens with one attached hydrogen (secondary N) is 2. The second kappa shape index (κ2) is 11.3. The number of anilines is 2. The van der Waals surface area contributed by atoms with Crippen molar-refractivity contribution in [2.45, 2.75) is 10.1 Å². The van der Waals surface area contributed by atoms with Crippen LogP contribution >= 0.6 is 23.5 Å². The van der Waals surface area contributed by atoms with Crippen molar-refractivity contribution in [1.82, 2.24) is 14.9 Å². The van der Waals surface area contributed by atoms with Crippen molar-refractivity contribution in [3.05, 3.63) is 48.0 Å². The van der Waals surface area contributed by atoms with Crippen molar-refractivity contribution < 1.29 is 14.3 Å². The first kappa shape index (κ1) is 23.3. The van der Waals surface area contributed by atoms with Gasteiger partial charge in [0.1, 0.15) is 0 Å². The number of ether oxygens (including phenoxy) is 2. The lowest BCUT2D eigenvalue weighted by Gasteiger charge is -2.08. The number of hydrogen-bond donors (Lipinski definition) is 3. The molecule has 0 atom stereocenters. The second-order valence-corrected chi connectivity index (χ2v) is 7.99. The van der Waals surface area contributed by atoms with Gasteiger partial charge < -0.3 is 20.6 Å². The number of benzene rings is 2. The van der Waals surface area contributed by atoms with E-state index in [2.05, 4.69) is 26.0 Å². The topological polar surface area (TPSA) is 129 Å². The predicted molar refractivity (Wildman–Crippen MR) is 129 cm³/mol. The summed E-state index contributed by atoms with van der Waals surface area (Å²) in [4.78, 5) is 13.3. The molecule has 0 saturated heterocycles. The Labute approximate surface area is 193 Å². The molecule has 4 N–H and O–H groups in total. The Morgan fingerprint density at radius 3 is 2.72 bits per heavy atom.